The Kier molecular flexibility index (Phi) is 6.32. The van der Waals surface area contributed by atoms with Gasteiger partial charge in [-0.2, -0.15) is 0 Å². The summed E-state index contributed by atoms with van der Waals surface area (Å²) in [5.41, 5.74) is 0. The van der Waals surface area contributed by atoms with Gasteiger partial charge in [-0.1, -0.05) is 13.8 Å². The van der Waals surface area contributed by atoms with Gasteiger partial charge >= 0.3 is 0 Å². The lowest BCUT2D eigenvalue weighted by molar-refractivity contribution is -0.135. The SMILES string of the molecule is CNCC(C(=O)N(C)Cc1cc(Br)cs1)C(C)C. The van der Waals surface area contributed by atoms with Gasteiger partial charge in [0.25, 0.3) is 0 Å². The van der Waals surface area contributed by atoms with E-state index in [0.717, 1.165) is 11.0 Å². The number of amides is 1. The van der Waals surface area contributed by atoms with E-state index in [2.05, 4.69) is 41.2 Å². The van der Waals surface area contributed by atoms with Crippen LogP contribution >= 0.6 is 27.3 Å². The molecular weight excluding hydrogens is 312 g/mol. The summed E-state index contributed by atoms with van der Waals surface area (Å²) in [5.74, 6) is 0.606. The van der Waals surface area contributed by atoms with Gasteiger partial charge in [0.05, 0.1) is 12.5 Å². The number of thiophene rings is 1. The number of hydrogen-bond donors (Lipinski definition) is 1. The molecule has 3 nitrogen and oxygen atoms in total. The molecular formula is C13H21BrN2OS. The van der Waals surface area contributed by atoms with Crippen LogP contribution in [0.2, 0.25) is 0 Å². The van der Waals surface area contributed by atoms with Crippen LogP contribution in [0.4, 0.5) is 0 Å². The van der Waals surface area contributed by atoms with E-state index in [1.54, 1.807) is 11.3 Å². The summed E-state index contributed by atoms with van der Waals surface area (Å²) in [6.45, 7) is 5.60. The quantitative estimate of drug-likeness (QED) is 0.868. The molecule has 0 aliphatic rings. The molecule has 1 unspecified atom stereocenters. The van der Waals surface area contributed by atoms with Crippen molar-refractivity contribution < 1.29 is 4.79 Å². The molecule has 0 saturated heterocycles. The van der Waals surface area contributed by atoms with Crippen LogP contribution in [-0.2, 0) is 11.3 Å². The van der Waals surface area contributed by atoms with Gasteiger partial charge in [-0.05, 0) is 35.0 Å². The fourth-order valence-corrected chi connectivity index (χ4v) is 3.36. The Bertz CT molecular complexity index is 392. The van der Waals surface area contributed by atoms with Crippen molar-refractivity contribution in [3.63, 3.8) is 0 Å². The van der Waals surface area contributed by atoms with Gasteiger partial charge in [0.1, 0.15) is 0 Å². The molecule has 5 heteroatoms. The van der Waals surface area contributed by atoms with Crippen molar-refractivity contribution in [2.75, 3.05) is 20.6 Å². The van der Waals surface area contributed by atoms with Crippen LogP contribution in [0.25, 0.3) is 0 Å². The number of hydrogen-bond acceptors (Lipinski definition) is 3. The minimum absolute atomic E-state index is 0.0448. The van der Waals surface area contributed by atoms with Crippen LogP contribution in [-0.4, -0.2) is 31.4 Å². The second-order valence-corrected chi connectivity index (χ2v) is 6.75. The minimum Gasteiger partial charge on any atom is -0.340 e. The second kappa shape index (κ2) is 7.26. The fourth-order valence-electron chi connectivity index (χ4n) is 1.86. The van der Waals surface area contributed by atoms with E-state index in [9.17, 15) is 4.79 Å². The van der Waals surface area contributed by atoms with Gasteiger partial charge in [0.15, 0.2) is 0 Å². The van der Waals surface area contributed by atoms with E-state index in [0.29, 0.717) is 12.5 Å². The fraction of sp³-hybridized carbons (Fsp3) is 0.615. The molecule has 0 saturated carbocycles. The molecule has 1 N–H and O–H groups in total. The summed E-state index contributed by atoms with van der Waals surface area (Å²) >= 11 is 5.11. The van der Waals surface area contributed by atoms with E-state index < -0.39 is 0 Å². The zero-order valence-electron chi connectivity index (χ0n) is 11.4. The highest BCUT2D eigenvalue weighted by atomic mass is 79.9. The Morgan fingerprint density at radius 2 is 2.22 bits per heavy atom. The van der Waals surface area contributed by atoms with E-state index in [1.165, 1.54) is 4.88 Å². The van der Waals surface area contributed by atoms with Crippen molar-refractivity contribution in [1.82, 2.24) is 10.2 Å². The van der Waals surface area contributed by atoms with Gasteiger partial charge in [0.2, 0.25) is 5.91 Å². The predicted octanol–water partition coefficient (Wildman–Crippen LogP) is 2.96. The third-order valence-electron chi connectivity index (χ3n) is 2.94. The zero-order chi connectivity index (χ0) is 13.7. The first-order valence-corrected chi connectivity index (χ1v) is 7.75. The standard InChI is InChI=1S/C13H21BrN2OS/c1-9(2)12(6-15-3)13(17)16(4)7-11-5-10(14)8-18-11/h5,8-9,12,15H,6-7H2,1-4H3. The molecule has 0 bridgehead atoms. The van der Waals surface area contributed by atoms with Crippen LogP contribution < -0.4 is 5.32 Å². The molecule has 0 radical (unpaired) electrons. The maximum absolute atomic E-state index is 12.4. The summed E-state index contributed by atoms with van der Waals surface area (Å²) in [6, 6.07) is 2.07. The lowest BCUT2D eigenvalue weighted by Crippen LogP contribution is -2.39. The Morgan fingerprint density at radius 3 is 2.67 bits per heavy atom. The van der Waals surface area contributed by atoms with Gasteiger partial charge in [-0.25, -0.2) is 0 Å². The molecule has 1 amide bonds. The number of nitrogens with zero attached hydrogens (tertiary/aromatic N) is 1. The molecule has 1 aromatic rings. The van der Waals surface area contributed by atoms with E-state index >= 15 is 0 Å². The Labute approximate surface area is 122 Å². The van der Waals surface area contributed by atoms with Crippen molar-refractivity contribution in [1.29, 1.82) is 0 Å². The third kappa shape index (κ3) is 4.37. The number of nitrogens with one attached hydrogen (secondary N) is 1. The van der Waals surface area contributed by atoms with Crippen LogP contribution in [0.3, 0.4) is 0 Å². The molecule has 1 atom stereocenters. The maximum atomic E-state index is 12.4. The average Bonchev–Trinajstić information content (AvgIpc) is 2.70. The first-order valence-electron chi connectivity index (χ1n) is 6.08. The van der Waals surface area contributed by atoms with Crippen molar-refractivity contribution in [3.05, 3.63) is 20.8 Å². The molecule has 1 aromatic heterocycles. The molecule has 0 aliphatic carbocycles. The second-order valence-electron chi connectivity index (χ2n) is 4.83. The predicted molar refractivity (Wildman–Crippen MR) is 80.7 cm³/mol. The van der Waals surface area contributed by atoms with E-state index in [1.807, 2.05) is 24.4 Å². The number of carbonyl (C=O) groups excluding carboxylic acids is 1. The van der Waals surface area contributed by atoms with Crippen molar-refractivity contribution in [3.8, 4) is 0 Å². The Balaban J connectivity index is 2.64. The van der Waals surface area contributed by atoms with Crippen LogP contribution in [0.5, 0.6) is 0 Å². The van der Waals surface area contributed by atoms with Crippen LogP contribution in [0.15, 0.2) is 15.9 Å². The van der Waals surface area contributed by atoms with E-state index in [4.69, 9.17) is 0 Å². The van der Waals surface area contributed by atoms with Gasteiger partial charge in [0, 0.05) is 28.3 Å². The largest absolute Gasteiger partial charge is 0.340 e. The molecule has 0 aliphatic heterocycles. The molecule has 0 spiro atoms. The molecule has 1 heterocycles. The first-order chi connectivity index (χ1) is 8.45. The average molecular weight is 333 g/mol. The molecule has 18 heavy (non-hydrogen) atoms. The highest BCUT2D eigenvalue weighted by molar-refractivity contribution is 9.10. The zero-order valence-corrected chi connectivity index (χ0v) is 13.8. The minimum atomic E-state index is 0.0448. The molecule has 0 fully saturated rings. The highest BCUT2D eigenvalue weighted by Gasteiger charge is 2.24. The monoisotopic (exact) mass is 332 g/mol. The van der Waals surface area contributed by atoms with Gasteiger partial charge in [-0.3, -0.25) is 4.79 Å². The molecule has 102 valence electrons. The van der Waals surface area contributed by atoms with Crippen LogP contribution in [0, 0.1) is 11.8 Å². The lowest BCUT2D eigenvalue weighted by atomic mass is 9.94. The Hall–Kier alpha value is -0.390. The van der Waals surface area contributed by atoms with Gasteiger partial charge < -0.3 is 10.2 Å². The molecule has 1 rings (SSSR count). The Morgan fingerprint density at radius 1 is 1.56 bits per heavy atom. The number of halogens is 1. The smallest absolute Gasteiger partial charge is 0.227 e. The summed E-state index contributed by atoms with van der Waals surface area (Å²) < 4.78 is 1.08. The van der Waals surface area contributed by atoms with Crippen LogP contribution in [0.1, 0.15) is 18.7 Å². The number of rotatable bonds is 6. The highest BCUT2D eigenvalue weighted by Crippen LogP contribution is 2.22. The van der Waals surface area contributed by atoms with E-state index in [-0.39, 0.29) is 11.8 Å². The summed E-state index contributed by atoms with van der Waals surface area (Å²) in [4.78, 5) is 15.4. The summed E-state index contributed by atoms with van der Waals surface area (Å²) in [6.07, 6.45) is 0. The summed E-state index contributed by atoms with van der Waals surface area (Å²) in [5, 5.41) is 5.14. The first kappa shape index (κ1) is 15.7. The topological polar surface area (TPSA) is 32.3 Å². The van der Waals surface area contributed by atoms with Crippen molar-refractivity contribution in [2.24, 2.45) is 11.8 Å². The molecule has 0 aromatic carbocycles. The normalized spacial score (nSPS) is 12.8. The third-order valence-corrected chi connectivity index (χ3v) is 4.62. The maximum Gasteiger partial charge on any atom is 0.227 e. The van der Waals surface area contributed by atoms with Crippen molar-refractivity contribution in [2.45, 2.75) is 20.4 Å². The number of carbonyl (C=O) groups is 1. The van der Waals surface area contributed by atoms with Crippen molar-refractivity contribution >= 4 is 33.2 Å². The van der Waals surface area contributed by atoms with Gasteiger partial charge in [-0.15, -0.1) is 11.3 Å². The lowest BCUT2D eigenvalue weighted by Gasteiger charge is -2.25. The summed E-state index contributed by atoms with van der Waals surface area (Å²) in [7, 11) is 3.76.